The summed E-state index contributed by atoms with van der Waals surface area (Å²) in [5.41, 5.74) is 1.15. The molecule has 1 nitrogen and oxygen atoms in total. The van der Waals surface area contributed by atoms with Crippen LogP contribution in [0.2, 0.25) is 0 Å². The molecule has 1 aliphatic heterocycles. The SMILES string of the molecule is CC(C)N1CC2(CCCC2)CC1(C)C. The zero-order valence-electron chi connectivity index (χ0n) is 10.3. The van der Waals surface area contributed by atoms with E-state index in [0.29, 0.717) is 17.0 Å². The van der Waals surface area contributed by atoms with Gasteiger partial charge >= 0.3 is 0 Å². The number of nitrogens with zero attached hydrogens (tertiary/aromatic N) is 1. The Labute approximate surface area is 88.9 Å². The number of likely N-dealkylation sites (tertiary alicyclic amines) is 1. The van der Waals surface area contributed by atoms with Gasteiger partial charge in [-0.1, -0.05) is 12.8 Å². The van der Waals surface area contributed by atoms with Gasteiger partial charge in [0.2, 0.25) is 0 Å². The highest BCUT2D eigenvalue weighted by atomic mass is 15.2. The van der Waals surface area contributed by atoms with E-state index >= 15 is 0 Å². The highest BCUT2D eigenvalue weighted by molar-refractivity contribution is 5.03. The molecular formula is C13H25N. The lowest BCUT2D eigenvalue weighted by Crippen LogP contribution is -2.42. The first-order valence-electron chi connectivity index (χ1n) is 6.22. The van der Waals surface area contributed by atoms with E-state index in [4.69, 9.17) is 0 Å². The Morgan fingerprint density at radius 3 is 2.07 bits per heavy atom. The average molecular weight is 195 g/mol. The van der Waals surface area contributed by atoms with E-state index in [2.05, 4.69) is 32.6 Å². The lowest BCUT2D eigenvalue weighted by Gasteiger charge is -2.34. The van der Waals surface area contributed by atoms with Gasteiger partial charge in [-0.3, -0.25) is 4.90 Å². The third kappa shape index (κ3) is 1.60. The molecule has 0 N–H and O–H groups in total. The summed E-state index contributed by atoms with van der Waals surface area (Å²) in [6.45, 7) is 10.9. The fraction of sp³-hybridized carbons (Fsp3) is 1.00. The summed E-state index contributed by atoms with van der Waals surface area (Å²) in [5, 5.41) is 0. The summed E-state index contributed by atoms with van der Waals surface area (Å²) in [7, 11) is 0. The highest BCUT2D eigenvalue weighted by Gasteiger charge is 2.49. The summed E-state index contributed by atoms with van der Waals surface area (Å²) >= 11 is 0. The molecule has 1 heterocycles. The van der Waals surface area contributed by atoms with Gasteiger partial charge in [-0.15, -0.1) is 0 Å². The van der Waals surface area contributed by atoms with Gasteiger partial charge in [0.05, 0.1) is 0 Å². The van der Waals surface area contributed by atoms with E-state index in [1.54, 1.807) is 0 Å². The maximum absolute atomic E-state index is 2.72. The van der Waals surface area contributed by atoms with E-state index in [0.717, 1.165) is 0 Å². The van der Waals surface area contributed by atoms with Crippen molar-refractivity contribution in [3.8, 4) is 0 Å². The van der Waals surface area contributed by atoms with Crippen molar-refractivity contribution in [3.63, 3.8) is 0 Å². The zero-order valence-corrected chi connectivity index (χ0v) is 10.3. The van der Waals surface area contributed by atoms with Crippen LogP contribution in [0.1, 0.15) is 59.8 Å². The molecule has 1 saturated heterocycles. The molecular weight excluding hydrogens is 170 g/mol. The van der Waals surface area contributed by atoms with Crippen molar-refractivity contribution < 1.29 is 0 Å². The molecule has 0 bridgehead atoms. The van der Waals surface area contributed by atoms with Crippen molar-refractivity contribution in [1.29, 1.82) is 0 Å². The maximum Gasteiger partial charge on any atom is 0.0161 e. The molecule has 0 atom stereocenters. The van der Waals surface area contributed by atoms with Crippen LogP contribution in [0.25, 0.3) is 0 Å². The van der Waals surface area contributed by atoms with Gasteiger partial charge in [-0.05, 0) is 52.4 Å². The Morgan fingerprint density at radius 2 is 1.64 bits per heavy atom. The van der Waals surface area contributed by atoms with Crippen LogP contribution in [0.4, 0.5) is 0 Å². The topological polar surface area (TPSA) is 3.24 Å². The molecule has 0 aromatic heterocycles. The van der Waals surface area contributed by atoms with Crippen LogP contribution in [0.5, 0.6) is 0 Å². The van der Waals surface area contributed by atoms with Crippen molar-refractivity contribution in [1.82, 2.24) is 4.90 Å². The van der Waals surface area contributed by atoms with Gasteiger partial charge in [0, 0.05) is 18.1 Å². The number of hydrogen-bond acceptors (Lipinski definition) is 1. The predicted octanol–water partition coefficient (Wildman–Crippen LogP) is 3.44. The highest BCUT2D eigenvalue weighted by Crippen LogP contribution is 2.51. The summed E-state index contributed by atoms with van der Waals surface area (Å²) in [4.78, 5) is 2.72. The molecule has 1 spiro atoms. The molecule has 2 fully saturated rings. The first-order chi connectivity index (χ1) is 6.45. The molecule has 0 amide bonds. The second-order valence-corrected chi connectivity index (χ2v) is 6.42. The Bertz CT molecular complexity index is 211. The van der Waals surface area contributed by atoms with Crippen molar-refractivity contribution in [2.45, 2.75) is 71.4 Å². The summed E-state index contributed by atoms with van der Waals surface area (Å²) in [6, 6.07) is 0.713. The van der Waals surface area contributed by atoms with Crippen LogP contribution in [0.15, 0.2) is 0 Å². The van der Waals surface area contributed by atoms with Crippen LogP contribution in [0.3, 0.4) is 0 Å². The lowest BCUT2D eigenvalue weighted by molar-refractivity contribution is 0.131. The minimum atomic E-state index is 0.443. The summed E-state index contributed by atoms with van der Waals surface area (Å²) < 4.78 is 0. The minimum absolute atomic E-state index is 0.443. The molecule has 0 aromatic carbocycles. The summed E-state index contributed by atoms with van der Waals surface area (Å²) in [6.07, 6.45) is 7.35. The van der Waals surface area contributed by atoms with E-state index in [9.17, 15) is 0 Å². The smallest absolute Gasteiger partial charge is 0.0161 e. The third-order valence-corrected chi connectivity index (χ3v) is 4.38. The van der Waals surface area contributed by atoms with Crippen molar-refractivity contribution >= 4 is 0 Å². The number of hydrogen-bond donors (Lipinski definition) is 0. The molecule has 1 heteroatoms. The molecule has 1 saturated carbocycles. The van der Waals surface area contributed by atoms with Crippen LogP contribution in [-0.4, -0.2) is 23.0 Å². The normalized spacial score (nSPS) is 30.6. The molecule has 2 aliphatic rings. The fourth-order valence-corrected chi connectivity index (χ4v) is 3.99. The molecule has 2 rings (SSSR count). The van der Waals surface area contributed by atoms with Gasteiger partial charge in [-0.2, -0.15) is 0 Å². The van der Waals surface area contributed by atoms with E-state index in [1.165, 1.54) is 38.6 Å². The maximum atomic E-state index is 2.72. The lowest BCUT2D eigenvalue weighted by atomic mass is 9.81. The molecule has 14 heavy (non-hydrogen) atoms. The van der Waals surface area contributed by atoms with Crippen LogP contribution < -0.4 is 0 Å². The first kappa shape index (κ1) is 10.5. The van der Waals surface area contributed by atoms with Crippen molar-refractivity contribution in [2.24, 2.45) is 5.41 Å². The molecule has 82 valence electrons. The molecule has 0 radical (unpaired) electrons. The molecule has 0 aromatic rings. The van der Waals surface area contributed by atoms with E-state index in [1.807, 2.05) is 0 Å². The average Bonchev–Trinajstić information content (AvgIpc) is 2.57. The van der Waals surface area contributed by atoms with Gasteiger partial charge < -0.3 is 0 Å². The zero-order chi connectivity index (χ0) is 10.4. The van der Waals surface area contributed by atoms with Crippen molar-refractivity contribution in [2.75, 3.05) is 6.54 Å². The predicted molar refractivity (Wildman–Crippen MR) is 61.4 cm³/mol. The Hall–Kier alpha value is -0.0400. The quantitative estimate of drug-likeness (QED) is 0.619. The second kappa shape index (κ2) is 3.23. The van der Waals surface area contributed by atoms with Gasteiger partial charge in [0.25, 0.3) is 0 Å². The summed E-state index contributed by atoms with van der Waals surface area (Å²) in [5.74, 6) is 0. The first-order valence-corrected chi connectivity index (χ1v) is 6.22. The van der Waals surface area contributed by atoms with Crippen LogP contribution in [0, 0.1) is 5.41 Å². The molecule has 0 unspecified atom stereocenters. The standard InChI is InChI=1S/C13H25N/c1-11(2)14-10-13(7-5-6-8-13)9-12(14,3)4/h11H,5-10H2,1-4H3. The monoisotopic (exact) mass is 195 g/mol. The van der Waals surface area contributed by atoms with E-state index in [-0.39, 0.29) is 0 Å². The Balaban J connectivity index is 2.15. The fourth-order valence-electron chi connectivity index (χ4n) is 3.99. The second-order valence-electron chi connectivity index (χ2n) is 6.42. The van der Waals surface area contributed by atoms with Crippen molar-refractivity contribution in [3.05, 3.63) is 0 Å². The van der Waals surface area contributed by atoms with Gasteiger partial charge in [-0.25, -0.2) is 0 Å². The largest absolute Gasteiger partial charge is 0.295 e. The number of rotatable bonds is 1. The van der Waals surface area contributed by atoms with Gasteiger partial charge in [0.1, 0.15) is 0 Å². The van der Waals surface area contributed by atoms with E-state index < -0.39 is 0 Å². The Morgan fingerprint density at radius 1 is 1.07 bits per heavy atom. The van der Waals surface area contributed by atoms with Gasteiger partial charge in [0.15, 0.2) is 0 Å². The third-order valence-electron chi connectivity index (χ3n) is 4.38. The van der Waals surface area contributed by atoms with Crippen LogP contribution >= 0.6 is 0 Å². The van der Waals surface area contributed by atoms with Crippen LogP contribution in [-0.2, 0) is 0 Å². The molecule has 1 aliphatic carbocycles. The minimum Gasteiger partial charge on any atom is -0.295 e. The Kier molecular flexibility index (Phi) is 2.42.